The first-order valence-corrected chi connectivity index (χ1v) is 10.3. The Morgan fingerprint density at radius 3 is 2.32 bits per heavy atom. The van der Waals surface area contributed by atoms with Crippen molar-refractivity contribution in [2.45, 2.75) is 17.9 Å². The Morgan fingerprint density at radius 2 is 1.81 bits per heavy atom. The zero-order valence-corrected chi connectivity index (χ0v) is 17.2. The van der Waals surface area contributed by atoms with Gasteiger partial charge in [0.25, 0.3) is 10.0 Å². The molecule has 2 aromatic heterocycles. The van der Waals surface area contributed by atoms with Crippen LogP contribution in [0.1, 0.15) is 12.0 Å². The molecule has 3 rings (SSSR count). The summed E-state index contributed by atoms with van der Waals surface area (Å²) in [5.41, 5.74) is 1.25. The summed E-state index contributed by atoms with van der Waals surface area (Å²) in [6.07, 6.45) is 3.47. The Labute approximate surface area is 177 Å². The van der Waals surface area contributed by atoms with Crippen LogP contribution in [-0.2, 0) is 26.2 Å². The predicted molar refractivity (Wildman–Crippen MR) is 109 cm³/mol. The molecule has 0 saturated heterocycles. The summed E-state index contributed by atoms with van der Waals surface area (Å²) in [4.78, 5) is 22.8. The molecule has 0 atom stereocenters. The van der Waals surface area contributed by atoms with Crippen molar-refractivity contribution in [2.75, 3.05) is 7.05 Å². The monoisotopic (exact) mass is 449 g/mol. The van der Waals surface area contributed by atoms with E-state index in [1.807, 2.05) is 0 Å². The number of rotatable bonds is 7. The van der Waals surface area contributed by atoms with Crippen LogP contribution in [0.15, 0.2) is 66.0 Å². The van der Waals surface area contributed by atoms with Gasteiger partial charge in [0.15, 0.2) is 0 Å². The molecule has 0 fully saturated rings. The first kappa shape index (κ1) is 23.7. The third-order valence-corrected chi connectivity index (χ3v) is 5.52. The van der Waals surface area contributed by atoms with Crippen molar-refractivity contribution in [2.24, 2.45) is 0 Å². The van der Waals surface area contributed by atoms with Crippen LogP contribution in [-0.4, -0.2) is 46.6 Å². The van der Waals surface area contributed by atoms with Crippen molar-refractivity contribution in [1.29, 1.82) is 0 Å². The molecule has 9 nitrogen and oxygen atoms in total. The van der Waals surface area contributed by atoms with Gasteiger partial charge in [-0.05, 0) is 42.9 Å². The van der Waals surface area contributed by atoms with Gasteiger partial charge in [-0.2, -0.15) is 0 Å². The molecule has 0 aliphatic carbocycles. The molecule has 0 saturated carbocycles. The van der Waals surface area contributed by atoms with E-state index in [1.54, 1.807) is 37.4 Å². The lowest BCUT2D eigenvalue weighted by molar-refractivity contribution is -0.147. The van der Waals surface area contributed by atoms with Gasteiger partial charge in [-0.25, -0.2) is 16.8 Å². The van der Waals surface area contributed by atoms with E-state index >= 15 is 0 Å². The maximum atomic E-state index is 14.2. The maximum Gasteiger partial charge on any atom is 0.314 e. The van der Waals surface area contributed by atoms with Gasteiger partial charge in [0.1, 0.15) is 17.1 Å². The molecule has 0 aliphatic heterocycles. The number of hydrogen-bond acceptors (Lipinski definition) is 6. The smallest absolute Gasteiger partial charge is 0.314 e. The first-order valence-electron chi connectivity index (χ1n) is 8.86. The third-order valence-electron chi connectivity index (χ3n) is 3.87. The highest BCUT2D eigenvalue weighted by atomic mass is 32.2. The van der Waals surface area contributed by atoms with Crippen molar-refractivity contribution in [1.82, 2.24) is 14.3 Å². The molecule has 3 N–H and O–H groups in total. The molecule has 2 heterocycles. The zero-order valence-electron chi connectivity index (χ0n) is 16.4. The lowest BCUT2D eigenvalue weighted by atomic mass is 10.1. The van der Waals surface area contributed by atoms with E-state index < -0.39 is 34.2 Å². The third kappa shape index (κ3) is 6.20. The highest BCUT2D eigenvalue weighted by molar-refractivity contribution is 7.90. The summed E-state index contributed by atoms with van der Waals surface area (Å²) in [6, 6.07) is 10.8. The van der Waals surface area contributed by atoms with Crippen molar-refractivity contribution >= 4 is 22.0 Å². The molecule has 0 radical (unpaired) electrons. The predicted octanol–water partition coefficient (Wildman–Crippen LogP) is 2.19. The standard InChI is InChI=1S/C17H16FN3O2S.C3H4O4/c1-19-10-13-9-17(15-6-2-3-7-16(15)18)21(12-13)24(22,23)14-5-4-8-20-11-14;4-2(5)1-3(6)7/h2-9,11-12,19H,10H2,1H3;1H2,(H,4,5)(H,6,7). The number of carbonyl (C=O) groups is 2. The number of nitrogens with one attached hydrogen (secondary N) is 1. The van der Waals surface area contributed by atoms with Crippen LogP contribution >= 0.6 is 0 Å². The molecule has 0 aliphatic rings. The Bertz CT molecular complexity index is 1150. The van der Waals surface area contributed by atoms with E-state index in [4.69, 9.17) is 10.2 Å². The van der Waals surface area contributed by atoms with Crippen LogP contribution in [0.4, 0.5) is 4.39 Å². The van der Waals surface area contributed by atoms with Crippen LogP contribution in [0.5, 0.6) is 0 Å². The van der Waals surface area contributed by atoms with E-state index in [0.717, 1.165) is 9.54 Å². The summed E-state index contributed by atoms with van der Waals surface area (Å²) in [5.74, 6) is -3.10. The van der Waals surface area contributed by atoms with E-state index in [9.17, 15) is 22.4 Å². The van der Waals surface area contributed by atoms with Gasteiger partial charge in [-0.3, -0.25) is 14.6 Å². The number of hydrogen-bond donors (Lipinski definition) is 3. The molecule has 0 spiro atoms. The van der Waals surface area contributed by atoms with Gasteiger partial charge in [-0.1, -0.05) is 12.1 Å². The highest BCUT2D eigenvalue weighted by Gasteiger charge is 2.23. The SMILES string of the molecule is CNCc1cc(-c2ccccc2F)n(S(=O)(=O)c2cccnc2)c1.O=C(O)CC(=O)O. The molecular formula is C20H20FN3O6S. The van der Waals surface area contributed by atoms with Gasteiger partial charge < -0.3 is 15.5 Å². The summed E-state index contributed by atoms with van der Waals surface area (Å²) >= 11 is 0. The number of halogens is 1. The Hall–Kier alpha value is -3.57. The minimum atomic E-state index is -3.87. The topological polar surface area (TPSA) is 139 Å². The van der Waals surface area contributed by atoms with Crippen LogP contribution in [0.25, 0.3) is 11.3 Å². The molecular weight excluding hydrogens is 429 g/mol. The van der Waals surface area contributed by atoms with E-state index in [0.29, 0.717) is 6.54 Å². The van der Waals surface area contributed by atoms with E-state index in [-0.39, 0.29) is 16.2 Å². The molecule has 0 amide bonds. The Kier molecular flexibility index (Phi) is 8.00. The molecule has 11 heteroatoms. The fourth-order valence-electron chi connectivity index (χ4n) is 2.60. The second-order valence-corrected chi connectivity index (χ2v) is 8.01. The lowest BCUT2D eigenvalue weighted by Gasteiger charge is -2.10. The van der Waals surface area contributed by atoms with E-state index in [2.05, 4.69) is 10.3 Å². The molecule has 0 bridgehead atoms. The average molecular weight is 449 g/mol. The minimum absolute atomic E-state index is 0.0502. The second-order valence-electron chi connectivity index (χ2n) is 6.20. The highest BCUT2D eigenvalue weighted by Crippen LogP contribution is 2.28. The maximum absolute atomic E-state index is 14.2. The Morgan fingerprint density at radius 1 is 1.13 bits per heavy atom. The molecule has 3 aromatic rings. The molecule has 1 aromatic carbocycles. The number of carboxylic acids is 2. The van der Waals surface area contributed by atoms with Gasteiger partial charge in [0, 0.05) is 30.7 Å². The van der Waals surface area contributed by atoms with Crippen molar-refractivity contribution in [3.05, 3.63) is 72.4 Å². The van der Waals surface area contributed by atoms with Crippen molar-refractivity contribution in [3.63, 3.8) is 0 Å². The fourth-order valence-corrected chi connectivity index (χ4v) is 3.96. The van der Waals surface area contributed by atoms with Crippen LogP contribution < -0.4 is 5.32 Å². The lowest BCUT2D eigenvalue weighted by Crippen LogP contribution is -2.14. The zero-order chi connectivity index (χ0) is 23.0. The second kappa shape index (κ2) is 10.5. The van der Waals surface area contributed by atoms with Gasteiger partial charge in [0.05, 0.1) is 5.69 Å². The van der Waals surface area contributed by atoms with Crippen molar-refractivity contribution < 1.29 is 32.6 Å². The molecule has 31 heavy (non-hydrogen) atoms. The quantitative estimate of drug-likeness (QED) is 0.467. The largest absolute Gasteiger partial charge is 0.481 e. The molecule has 0 unspecified atom stereocenters. The Balaban J connectivity index is 0.000000423. The number of pyridine rings is 1. The average Bonchev–Trinajstić information content (AvgIpc) is 3.13. The number of nitrogens with zero attached hydrogens (tertiary/aromatic N) is 2. The van der Waals surface area contributed by atoms with Gasteiger partial charge in [-0.15, -0.1) is 0 Å². The van der Waals surface area contributed by atoms with Crippen LogP contribution in [0, 0.1) is 5.82 Å². The summed E-state index contributed by atoms with van der Waals surface area (Å²) < 4.78 is 41.2. The van der Waals surface area contributed by atoms with Crippen LogP contribution in [0.3, 0.4) is 0 Å². The fraction of sp³-hybridized carbons (Fsp3) is 0.150. The summed E-state index contributed by atoms with van der Waals surface area (Å²) in [7, 11) is -2.11. The molecule has 164 valence electrons. The van der Waals surface area contributed by atoms with Gasteiger partial charge >= 0.3 is 11.9 Å². The summed E-state index contributed by atoms with van der Waals surface area (Å²) in [5, 5.41) is 18.4. The van der Waals surface area contributed by atoms with Crippen LogP contribution in [0.2, 0.25) is 0 Å². The first-order chi connectivity index (χ1) is 14.7. The minimum Gasteiger partial charge on any atom is -0.481 e. The number of benzene rings is 1. The number of aliphatic carboxylic acids is 2. The number of carboxylic acid groups (broad SMARTS) is 2. The summed E-state index contributed by atoms with van der Waals surface area (Å²) in [6.45, 7) is 0.469. The normalized spacial score (nSPS) is 10.8. The number of aromatic nitrogens is 2. The van der Waals surface area contributed by atoms with Crippen molar-refractivity contribution in [3.8, 4) is 11.3 Å². The van der Waals surface area contributed by atoms with Gasteiger partial charge in [0.2, 0.25) is 0 Å². The van der Waals surface area contributed by atoms with E-state index in [1.165, 1.54) is 30.7 Å².